The predicted molar refractivity (Wildman–Crippen MR) is 63.6 cm³/mol. The zero-order valence-corrected chi connectivity index (χ0v) is 9.11. The first-order chi connectivity index (χ1) is 7.66. The topological polar surface area (TPSA) is 50.7 Å². The summed E-state index contributed by atoms with van der Waals surface area (Å²) in [6.07, 6.45) is 1.63. The Morgan fingerprint density at radius 3 is 2.94 bits per heavy atom. The minimum Gasteiger partial charge on any atom is -0.294 e. The first kappa shape index (κ1) is 9.15. The second-order valence-electron chi connectivity index (χ2n) is 4.04. The highest BCUT2D eigenvalue weighted by molar-refractivity contribution is 6.02. The zero-order chi connectivity index (χ0) is 11.3. The molecule has 0 unspecified atom stereocenters. The maximum absolute atomic E-state index is 11.7. The van der Waals surface area contributed by atoms with Crippen molar-refractivity contribution in [2.45, 2.75) is 6.92 Å². The average Bonchev–Trinajstić information content (AvgIpc) is 2.56. The van der Waals surface area contributed by atoms with E-state index < -0.39 is 0 Å². The molecule has 2 aromatic heterocycles. The van der Waals surface area contributed by atoms with Gasteiger partial charge in [0.2, 0.25) is 0 Å². The third-order valence-electron chi connectivity index (χ3n) is 2.84. The lowest BCUT2D eigenvalue weighted by atomic mass is 10.1. The van der Waals surface area contributed by atoms with Gasteiger partial charge >= 0.3 is 0 Å². The van der Waals surface area contributed by atoms with Crippen LogP contribution in [0.1, 0.15) is 5.56 Å². The monoisotopic (exact) mass is 213 g/mol. The van der Waals surface area contributed by atoms with Gasteiger partial charge in [-0.2, -0.15) is 0 Å². The van der Waals surface area contributed by atoms with Crippen molar-refractivity contribution in [3.05, 3.63) is 40.3 Å². The van der Waals surface area contributed by atoms with E-state index in [-0.39, 0.29) is 5.56 Å². The number of nitrogens with one attached hydrogen (secondary N) is 1. The number of benzene rings is 1. The van der Waals surface area contributed by atoms with Gasteiger partial charge in [0.25, 0.3) is 5.56 Å². The fourth-order valence-corrected chi connectivity index (χ4v) is 1.99. The van der Waals surface area contributed by atoms with Crippen LogP contribution in [0.25, 0.3) is 21.8 Å². The van der Waals surface area contributed by atoms with Crippen LogP contribution in [0.5, 0.6) is 0 Å². The summed E-state index contributed by atoms with van der Waals surface area (Å²) in [6, 6.07) is 6.03. The summed E-state index contributed by atoms with van der Waals surface area (Å²) in [7, 11) is 1.71. The van der Waals surface area contributed by atoms with Crippen LogP contribution >= 0.6 is 0 Å². The molecule has 3 aromatic rings. The Balaban J connectivity index is 2.62. The van der Waals surface area contributed by atoms with Gasteiger partial charge in [0, 0.05) is 18.6 Å². The van der Waals surface area contributed by atoms with Crippen molar-refractivity contribution in [2.24, 2.45) is 7.05 Å². The second kappa shape index (κ2) is 2.95. The third kappa shape index (κ3) is 1.10. The Hall–Kier alpha value is -2.10. The van der Waals surface area contributed by atoms with E-state index in [1.54, 1.807) is 13.2 Å². The van der Waals surface area contributed by atoms with Gasteiger partial charge in [0.05, 0.1) is 16.4 Å². The molecule has 0 fully saturated rings. The average molecular weight is 213 g/mol. The molecule has 3 rings (SSSR count). The Morgan fingerprint density at radius 1 is 1.31 bits per heavy atom. The highest BCUT2D eigenvalue weighted by Gasteiger charge is 2.08. The predicted octanol–water partition coefficient (Wildman–Crippen LogP) is 1.72. The molecule has 0 aliphatic rings. The van der Waals surface area contributed by atoms with Crippen LogP contribution < -0.4 is 5.56 Å². The van der Waals surface area contributed by atoms with Gasteiger partial charge in [-0.25, -0.2) is 0 Å². The fraction of sp³-hybridized carbons (Fsp3) is 0.167. The van der Waals surface area contributed by atoms with E-state index in [1.165, 1.54) is 4.68 Å². The standard InChI is InChI=1S/C12H11N3O/c1-7-3-4-10-8(5-7)11-9(6-13-10)12(16)15(2)14-11/h3-6,14H,1-2H3. The molecule has 4 nitrogen and oxygen atoms in total. The van der Waals surface area contributed by atoms with Gasteiger partial charge in [-0.05, 0) is 19.1 Å². The van der Waals surface area contributed by atoms with Gasteiger partial charge in [-0.3, -0.25) is 19.6 Å². The quantitative estimate of drug-likeness (QED) is 0.618. The lowest BCUT2D eigenvalue weighted by Crippen LogP contribution is -2.11. The van der Waals surface area contributed by atoms with E-state index >= 15 is 0 Å². The number of aromatic nitrogens is 3. The second-order valence-corrected chi connectivity index (χ2v) is 4.04. The van der Waals surface area contributed by atoms with E-state index in [1.807, 2.05) is 25.1 Å². The van der Waals surface area contributed by atoms with Crippen LogP contribution in [0.3, 0.4) is 0 Å². The number of rotatable bonds is 0. The largest absolute Gasteiger partial charge is 0.294 e. The number of fused-ring (bicyclic) bond motifs is 3. The van der Waals surface area contributed by atoms with E-state index in [0.29, 0.717) is 5.39 Å². The molecular weight excluding hydrogens is 202 g/mol. The van der Waals surface area contributed by atoms with Crippen molar-refractivity contribution < 1.29 is 0 Å². The molecular formula is C12H11N3O. The maximum Gasteiger partial charge on any atom is 0.275 e. The summed E-state index contributed by atoms with van der Waals surface area (Å²) in [5.41, 5.74) is 2.89. The van der Waals surface area contributed by atoms with Crippen molar-refractivity contribution in [1.82, 2.24) is 14.8 Å². The van der Waals surface area contributed by atoms with E-state index in [0.717, 1.165) is 22.0 Å². The van der Waals surface area contributed by atoms with Crippen molar-refractivity contribution in [2.75, 3.05) is 0 Å². The number of hydrogen-bond acceptors (Lipinski definition) is 2. The molecule has 0 aliphatic heterocycles. The third-order valence-corrected chi connectivity index (χ3v) is 2.84. The van der Waals surface area contributed by atoms with Crippen LogP contribution in [-0.2, 0) is 7.05 Å². The highest BCUT2D eigenvalue weighted by atomic mass is 16.1. The number of pyridine rings is 1. The van der Waals surface area contributed by atoms with Crippen LogP contribution in [0.4, 0.5) is 0 Å². The van der Waals surface area contributed by atoms with Crippen LogP contribution in [-0.4, -0.2) is 14.8 Å². The Morgan fingerprint density at radius 2 is 2.12 bits per heavy atom. The minimum absolute atomic E-state index is 0.0362. The first-order valence-electron chi connectivity index (χ1n) is 5.11. The van der Waals surface area contributed by atoms with Crippen LogP contribution in [0.15, 0.2) is 29.2 Å². The SMILES string of the molecule is Cc1ccc2ncc3c(=O)n(C)[nH]c3c2c1. The number of H-pyrrole nitrogens is 1. The van der Waals surface area contributed by atoms with Gasteiger partial charge in [0.1, 0.15) is 0 Å². The minimum atomic E-state index is -0.0362. The maximum atomic E-state index is 11.7. The summed E-state index contributed by atoms with van der Waals surface area (Å²) in [5.74, 6) is 0. The van der Waals surface area contributed by atoms with Crippen LogP contribution in [0, 0.1) is 6.92 Å². The van der Waals surface area contributed by atoms with E-state index in [9.17, 15) is 4.79 Å². The van der Waals surface area contributed by atoms with Gasteiger partial charge in [-0.1, -0.05) is 11.6 Å². The normalized spacial score (nSPS) is 11.4. The number of hydrogen-bond donors (Lipinski definition) is 1. The molecule has 80 valence electrons. The Kier molecular flexibility index (Phi) is 1.68. The molecule has 0 atom stereocenters. The fourth-order valence-electron chi connectivity index (χ4n) is 1.99. The first-order valence-corrected chi connectivity index (χ1v) is 5.11. The molecule has 1 aromatic carbocycles. The van der Waals surface area contributed by atoms with Crippen LogP contribution in [0.2, 0.25) is 0 Å². The highest BCUT2D eigenvalue weighted by Crippen LogP contribution is 2.20. The lowest BCUT2D eigenvalue weighted by Gasteiger charge is -1.99. The number of nitrogens with zero attached hydrogens (tertiary/aromatic N) is 2. The zero-order valence-electron chi connectivity index (χ0n) is 9.11. The van der Waals surface area contributed by atoms with E-state index in [2.05, 4.69) is 10.1 Å². The lowest BCUT2D eigenvalue weighted by molar-refractivity contribution is 0.751. The summed E-state index contributed by atoms with van der Waals surface area (Å²) in [4.78, 5) is 16.0. The molecule has 0 saturated carbocycles. The molecule has 0 aliphatic carbocycles. The molecule has 0 saturated heterocycles. The molecule has 1 N–H and O–H groups in total. The van der Waals surface area contributed by atoms with E-state index in [4.69, 9.17) is 0 Å². The Labute approximate surface area is 91.5 Å². The molecule has 2 heterocycles. The van der Waals surface area contributed by atoms with Crippen molar-refractivity contribution in [3.8, 4) is 0 Å². The number of aryl methyl sites for hydroxylation is 2. The molecule has 0 amide bonds. The molecule has 0 radical (unpaired) electrons. The van der Waals surface area contributed by atoms with Crippen molar-refractivity contribution in [3.63, 3.8) is 0 Å². The van der Waals surface area contributed by atoms with Gasteiger partial charge in [-0.15, -0.1) is 0 Å². The summed E-state index contributed by atoms with van der Waals surface area (Å²) in [6.45, 7) is 2.03. The molecule has 0 spiro atoms. The number of aromatic amines is 1. The van der Waals surface area contributed by atoms with Gasteiger partial charge < -0.3 is 0 Å². The Bertz CT molecular complexity index is 752. The van der Waals surface area contributed by atoms with Gasteiger partial charge in [0.15, 0.2) is 0 Å². The molecule has 16 heavy (non-hydrogen) atoms. The smallest absolute Gasteiger partial charge is 0.275 e. The summed E-state index contributed by atoms with van der Waals surface area (Å²) in [5, 5.41) is 4.70. The van der Waals surface area contributed by atoms with Crippen molar-refractivity contribution in [1.29, 1.82) is 0 Å². The van der Waals surface area contributed by atoms with Crippen molar-refractivity contribution >= 4 is 21.8 Å². The molecule has 4 heteroatoms. The molecule has 0 bridgehead atoms. The summed E-state index contributed by atoms with van der Waals surface area (Å²) >= 11 is 0. The summed E-state index contributed by atoms with van der Waals surface area (Å²) < 4.78 is 1.48.